The maximum absolute atomic E-state index is 4.78. The van der Waals surface area contributed by atoms with Crippen molar-refractivity contribution in [3.63, 3.8) is 0 Å². The summed E-state index contributed by atoms with van der Waals surface area (Å²) in [7, 11) is 0. The van der Waals surface area contributed by atoms with Crippen LogP contribution in [0.25, 0.3) is 0 Å². The molecule has 13 rings (SSSR count). The highest BCUT2D eigenvalue weighted by Gasteiger charge is 2.01. The van der Waals surface area contributed by atoms with Crippen LogP contribution in [0.4, 0.5) is 0 Å². The molecule has 0 radical (unpaired) electrons. The standard InChI is InChI=1S/C6H10.2C4H8N2.2C4H7NO.2C4H7NS.C3H7N3.C3H6N2O.2C3H6N2.C3H5NO.C3H5NS.26C2H6/c1-6-4-2-3-5-6;1-2-5-4-6-3-1;1-2-4-6-5-3-1;1-2-5-4-6-3-1;1-2-4-6-5-3-1;1-2-5-4-6-3-1;1-2-4-6-5-3-1;1-2-5-6-3-4-1;1-2-6-3-5-4-1;1-2-5-3-4-1;3*1-2-4-5-3-1;26*1-2/h1-5H2;4H,1-3H2,(H,5,6);3,6H,1-2,4H2;4H,1-3H2;3H,1-2,4H2;4H,1-3H2;3H,1-2,4H2;3,5H,1-2H2,(H,4,6);3-4H,1-2H2;3H,1-2H2,(H,4,5);1-2,4-5H,3H2;2*2H,1,3H2;26*1-2H3. The molecule has 0 aromatic heterocycles. The number of hydrazine groups is 2. The molecular formula is C100H245N19O4S3. The zero-order valence-corrected chi connectivity index (χ0v) is 98.3. The van der Waals surface area contributed by atoms with Gasteiger partial charge in [0.2, 0.25) is 0 Å². The third-order valence-electron chi connectivity index (χ3n) is 8.98. The van der Waals surface area contributed by atoms with Gasteiger partial charge >= 0.3 is 0 Å². The van der Waals surface area contributed by atoms with Gasteiger partial charge in [-0.05, 0) is 107 Å². The molecule has 1 saturated carbocycles. The van der Waals surface area contributed by atoms with Crippen molar-refractivity contribution in [3.8, 4) is 0 Å². The highest BCUT2D eigenvalue weighted by atomic mass is 32.2. The summed E-state index contributed by atoms with van der Waals surface area (Å²) >= 11 is 5.11. The van der Waals surface area contributed by atoms with E-state index >= 15 is 0 Å². The van der Waals surface area contributed by atoms with Crippen LogP contribution in [0, 0.1) is 0 Å². The second kappa shape index (κ2) is 347. The van der Waals surface area contributed by atoms with Gasteiger partial charge in [0.25, 0.3) is 0 Å². The van der Waals surface area contributed by atoms with Crippen molar-refractivity contribution in [1.29, 1.82) is 0 Å². The lowest BCUT2D eigenvalue weighted by molar-refractivity contribution is 0.134. The van der Waals surface area contributed by atoms with Gasteiger partial charge in [-0.25, -0.2) is 19.6 Å². The SMILES string of the molecule is C1=CNNC1.C1=NCCCN1.C1=NCCCO1.C1=NCCCS1.C1=NCCN1.C1=NCCNN1.C1=NNCCC1.C1=NNCCO1.C1=NOCC1.C1=NOCCC1.C1=NSCC1.C1=NSCCC1.C=C1CCCC1.CC.CC.CC.CC.CC.CC.CC.CC.CC.CC.CC.CC.CC.CC.CC.CC.CC.CC.CC.CC.CC.CC.CC.CC.CC.CC. The van der Waals surface area contributed by atoms with Crippen LogP contribution in [-0.4, -0.2) is 184 Å². The number of nitrogens with one attached hydrogen (secondary N) is 8. The summed E-state index contributed by atoms with van der Waals surface area (Å²) in [5, 5.41) is 20.3. The summed E-state index contributed by atoms with van der Waals surface area (Å²) in [5.74, 6) is 3.68. The number of hydrazone groups is 2. The molecule has 0 saturated heterocycles. The molecule has 13 aliphatic rings. The summed E-state index contributed by atoms with van der Waals surface area (Å²) in [5.41, 5.74) is 20.3. The van der Waals surface area contributed by atoms with Crippen LogP contribution < -0.4 is 43.2 Å². The van der Waals surface area contributed by atoms with Crippen LogP contribution in [0.5, 0.6) is 0 Å². The molecule has 0 aromatic rings. The monoisotopic (exact) mass is 1870 g/mol. The van der Waals surface area contributed by atoms with E-state index in [-0.39, 0.29) is 0 Å². The van der Waals surface area contributed by atoms with Crippen LogP contribution in [0.1, 0.15) is 456 Å². The van der Waals surface area contributed by atoms with Gasteiger partial charge in [0, 0.05) is 120 Å². The largest absolute Gasteiger partial charge is 0.483 e. The Morgan fingerprint density at radius 3 is 0.833 bits per heavy atom. The van der Waals surface area contributed by atoms with Crippen LogP contribution in [-0.2, 0) is 19.1 Å². The first-order valence-electron chi connectivity index (χ1n) is 51.9. The van der Waals surface area contributed by atoms with E-state index in [1.807, 2.05) is 397 Å². The second-order valence-corrected chi connectivity index (χ2v) is 18.2. The minimum absolute atomic E-state index is 0.740. The fourth-order valence-electron chi connectivity index (χ4n) is 5.19. The Morgan fingerprint density at radius 1 is 0.302 bits per heavy atom. The van der Waals surface area contributed by atoms with Gasteiger partial charge in [0.1, 0.15) is 19.8 Å². The third kappa shape index (κ3) is 338. The van der Waals surface area contributed by atoms with Gasteiger partial charge in [0.05, 0.1) is 50.8 Å². The number of thioether (sulfide) groups is 1. The number of rotatable bonds is 0. The first kappa shape index (κ1) is 193. The number of hydrogen-bond donors (Lipinski definition) is 8. The zero-order chi connectivity index (χ0) is 104. The van der Waals surface area contributed by atoms with Crippen molar-refractivity contribution in [2.24, 2.45) is 54.3 Å². The Labute approximate surface area is 812 Å². The topological polar surface area (TPSA) is 269 Å². The molecule has 1 fully saturated rings. The molecule has 0 spiro atoms. The second-order valence-electron chi connectivity index (χ2n) is 15.5. The van der Waals surface area contributed by atoms with Gasteiger partial charge < -0.3 is 51.5 Å². The van der Waals surface area contributed by atoms with E-state index in [1.54, 1.807) is 67.1 Å². The van der Waals surface area contributed by atoms with E-state index in [4.69, 9.17) is 9.47 Å². The number of hydrogen-bond acceptors (Lipinski definition) is 26. The minimum atomic E-state index is 0.740. The van der Waals surface area contributed by atoms with Crippen molar-refractivity contribution in [1.82, 2.24) is 43.2 Å². The summed E-state index contributed by atoms with van der Waals surface area (Å²) in [6.45, 7) is 122. The molecule has 0 aromatic carbocycles. The molecule has 0 amide bonds. The lowest BCUT2D eigenvalue weighted by Gasteiger charge is -2.04. The molecule has 8 N–H and O–H groups in total. The first-order chi connectivity index (χ1) is 62.9. The molecule has 1 aliphatic carbocycles. The van der Waals surface area contributed by atoms with Crippen LogP contribution in [0.3, 0.4) is 0 Å². The lowest BCUT2D eigenvalue weighted by atomic mass is 10.3. The van der Waals surface area contributed by atoms with Gasteiger partial charge in [-0.2, -0.15) is 5.10 Å². The smallest absolute Gasteiger partial charge is 0.192 e. The van der Waals surface area contributed by atoms with E-state index in [0.717, 1.165) is 131 Å². The summed E-state index contributed by atoms with van der Waals surface area (Å²) in [4.78, 5) is 28.7. The van der Waals surface area contributed by atoms with E-state index in [2.05, 4.69) is 114 Å². The van der Waals surface area contributed by atoms with Crippen LogP contribution >= 0.6 is 35.7 Å². The Morgan fingerprint density at radius 2 is 0.730 bits per heavy atom. The maximum Gasteiger partial charge on any atom is 0.192 e. The molecule has 26 heteroatoms. The van der Waals surface area contributed by atoms with Crippen molar-refractivity contribution in [3.05, 3.63) is 24.4 Å². The summed E-state index contributed by atoms with van der Waals surface area (Å²) in [6.07, 6.45) is 39.5. The average Bonchev–Trinajstić information content (AvgIpc) is 1.90. The Kier molecular flexibility index (Phi) is 531. The van der Waals surface area contributed by atoms with Crippen LogP contribution in [0.2, 0.25) is 0 Å². The highest BCUT2D eigenvalue weighted by molar-refractivity contribution is 8.12. The van der Waals surface area contributed by atoms with E-state index in [0.29, 0.717) is 0 Å². The number of ether oxygens (including phenoxy) is 2. The fourth-order valence-corrected chi connectivity index (χ4v) is 6.94. The maximum atomic E-state index is 4.78. The number of allylic oxidation sites excluding steroid dienone is 1. The van der Waals surface area contributed by atoms with Gasteiger partial charge in [-0.15, -0.1) is 16.9 Å². The molecule has 0 unspecified atom stereocenters. The normalized spacial score (nSPS) is 13.1. The summed E-state index contributed by atoms with van der Waals surface area (Å²) < 4.78 is 17.3. The van der Waals surface area contributed by atoms with E-state index in [1.165, 1.54) is 99.8 Å². The molecule has 23 nitrogen and oxygen atoms in total. The van der Waals surface area contributed by atoms with Crippen molar-refractivity contribution in [2.45, 2.75) is 456 Å². The fraction of sp³-hybridized carbons (Fsp3) is 0.850. The van der Waals surface area contributed by atoms with Crippen molar-refractivity contribution >= 4 is 104 Å². The number of oxime groups is 2. The van der Waals surface area contributed by atoms with E-state index in [9.17, 15) is 0 Å². The first-order valence-corrected chi connectivity index (χ1v) is 54.9. The average molecular weight is 1870 g/mol. The Bertz CT molecular complexity index is 1250. The Balaban J connectivity index is -0.0000000344. The quantitative estimate of drug-likeness (QED) is 0.0828. The molecule has 126 heavy (non-hydrogen) atoms. The number of aliphatic imine (C=N–C) groups is 5. The van der Waals surface area contributed by atoms with E-state index < -0.39 is 0 Å². The predicted octanol–water partition coefficient (Wildman–Crippen LogP) is 32.4. The molecular weight excluding hydrogens is 1630 g/mol. The zero-order valence-electron chi connectivity index (χ0n) is 95.8. The van der Waals surface area contributed by atoms with Gasteiger partial charge in [-0.1, -0.05) is 389 Å². The Hall–Kier alpha value is -5.18. The highest BCUT2D eigenvalue weighted by Crippen LogP contribution is 2.21. The minimum Gasteiger partial charge on any atom is -0.483 e. The number of nitrogens with zero attached hydrogens (tertiary/aromatic N) is 11. The van der Waals surface area contributed by atoms with Gasteiger partial charge in [-0.3, -0.25) is 25.0 Å². The lowest BCUT2D eigenvalue weighted by Crippen LogP contribution is -2.36. The van der Waals surface area contributed by atoms with Crippen LogP contribution in [0.15, 0.2) is 78.7 Å². The molecule has 12 heterocycles. The molecule has 782 valence electrons. The van der Waals surface area contributed by atoms with Gasteiger partial charge in [0.15, 0.2) is 12.8 Å². The van der Waals surface area contributed by atoms with Crippen molar-refractivity contribution in [2.75, 3.05) is 116 Å². The predicted molar refractivity (Wildman–Crippen MR) is 616 cm³/mol. The molecule has 0 atom stereocenters. The molecule has 12 aliphatic heterocycles. The third-order valence-corrected chi connectivity index (χ3v) is 11.3. The molecule has 0 bridgehead atoms. The summed E-state index contributed by atoms with van der Waals surface area (Å²) in [6, 6.07) is 0. The van der Waals surface area contributed by atoms with Crippen molar-refractivity contribution < 1.29 is 19.1 Å².